The molecule has 0 aliphatic heterocycles. The number of aromatic hydroxyl groups is 1. The van der Waals surface area contributed by atoms with E-state index in [-0.39, 0.29) is 24.8 Å². The molecule has 98 valence electrons. The maximum absolute atomic E-state index is 9.58. The molecule has 5 heteroatoms. The molecule has 2 aromatic carbocycles. The summed E-state index contributed by atoms with van der Waals surface area (Å²) in [6, 6.07) is 14.8. The summed E-state index contributed by atoms with van der Waals surface area (Å²) in [5.74, 6) is 0.305. The van der Waals surface area contributed by atoms with E-state index in [9.17, 15) is 5.11 Å². The first kappa shape index (κ1) is 16.4. The molecule has 0 aliphatic rings. The van der Waals surface area contributed by atoms with Crippen LogP contribution >= 0.6 is 24.8 Å². The minimum absolute atomic E-state index is 0. The molecule has 0 spiro atoms. The summed E-state index contributed by atoms with van der Waals surface area (Å²) in [6.07, 6.45) is 0. The molecule has 0 aromatic heterocycles. The Kier molecular flexibility index (Phi) is 7.01. The minimum Gasteiger partial charge on any atom is -0.508 e. The van der Waals surface area contributed by atoms with Crippen molar-refractivity contribution >= 4 is 36.2 Å². The highest BCUT2D eigenvalue weighted by atomic mass is 35.5. The Balaban J connectivity index is 0.00000144. The summed E-state index contributed by atoms with van der Waals surface area (Å²) < 4.78 is 0. The molecule has 0 heterocycles. The monoisotopic (exact) mass is 286 g/mol. The molecule has 0 saturated carbocycles. The van der Waals surface area contributed by atoms with Crippen molar-refractivity contribution in [1.82, 2.24) is 0 Å². The number of benzene rings is 2. The van der Waals surface area contributed by atoms with Crippen LogP contribution in [0.5, 0.6) is 5.75 Å². The van der Waals surface area contributed by atoms with Gasteiger partial charge in [0.25, 0.3) is 0 Å². The Hall–Kier alpha value is -1.58. The molecule has 2 aromatic rings. The van der Waals surface area contributed by atoms with Crippen molar-refractivity contribution in [2.45, 2.75) is 6.54 Å². The second-order valence-electron chi connectivity index (χ2n) is 3.61. The van der Waals surface area contributed by atoms with Gasteiger partial charge in [-0.2, -0.15) is 0 Å². The lowest BCUT2D eigenvalue weighted by Gasteiger charge is -2.08. The van der Waals surface area contributed by atoms with E-state index in [0.29, 0.717) is 12.3 Å². The molecule has 18 heavy (non-hydrogen) atoms. The van der Waals surface area contributed by atoms with Gasteiger partial charge in [-0.25, -0.2) is 0 Å². The molecule has 0 radical (unpaired) electrons. The predicted octanol–water partition coefficient (Wildman–Crippen LogP) is 3.43. The van der Waals surface area contributed by atoms with Gasteiger partial charge >= 0.3 is 0 Å². The highest BCUT2D eigenvalue weighted by Crippen LogP contribution is 2.18. The SMILES string of the molecule is Cl.Cl.Nc1cccc(NCc2ccccc2O)c1. The number of halogens is 2. The lowest BCUT2D eigenvalue weighted by atomic mass is 10.2. The second kappa shape index (κ2) is 7.69. The van der Waals surface area contributed by atoms with Gasteiger partial charge in [0, 0.05) is 23.5 Å². The molecular weight excluding hydrogens is 271 g/mol. The molecular formula is C13H16Cl2N2O. The number of phenolic OH excluding ortho intramolecular Hbond substituents is 1. The van der Waals surface area contributed by atoms with Crippen LogP contribution in [-0.2, 0) is 6.54 Å². The number of anilines is 2. The average molecular weight is 287 g/mol. The zero-order valence-corrected chi connectivity index (χ0v) is 11.3. The van der Waals surface area contributed by atoms with Crippen LogP contribution in [-0.4, -0.2) is 5.11 Å². The van der Waals surface area contributed by atoms with Crippen molar-refractivity contribution in [2.75, 3.05) is 11.1 Å². The number of nitrogens with two attached hydrogens (primary N) is 1. The van der Waals surface area contributed by atoms with Crippen LogP contribution in [0.25, 0.3) is 0 Å². The summed E-state index contributed by atoms with van der Waals surface area (Å²) in [7, 11) is 0. The lowest BCUT2D eigenvalue weighted by molar-refractivity contribution is 0.469. The molecule has 0 saturated heterocycles. The van der Waals surface area contributed by atoms with Gasteiger partial charge in [-0.15, -0.1) is 24.8 Å². The van der Waals surface area contributed by atoms with Crippen molar-refractivity contribution in [3.05, 3.63) is 54.1 Å². The number of nitrogen functional groups attached to an aromatic ring is 1. The highest BCUT2D eigenvalue weighted by molar-refractivity contribution is 5.85. The van der Waals surface area contributed by atoms with E-state index in [2.05, 4.69) is 5.32 Å². The first-order chi connectivity index (χ1) is 7.75. The van der Waals surface area contributed by atoms with Crippen LogP contribution in [0.4, 0.5) is 11.4 Å². The van der Waals surface area contributed by atoms with Gasteiger partial charge in [0.15, 0.2) is 0 Å². The van der Waals surface area contributed by atoms with Gasteiger partial charge in [-0.1, -0.05) is 24.3 Å². The molecule has 0 unspecified atom stereocenters. The van der Waals surface area contributed by atoms with Crippen molar-refractivity contribution in [2.24, 2.45) is 0 Å². The Morgan fingerprint density at radius 2 is 1.72 bits per heavy atom. The molecule has 4 N–H and O–H groups in total. The Labute approximate surface area is 119 Å². The number of hydrogen-bond donors (Lipinski definition) is 3. The molecule has 3 nitrogen and oxygen atoms in total. The van der Waals surface area contributed by atoms with Crippen LogP contribution < -0.4 is 11.1 Å². The van der Waals surface area contributed by atoms with E-state index < -0.39 is 0 Å². The molecule has 2 rings (SSSR count). The largest absolute Gasteiger partial charge is 0.508 e. The normalized spacial score (nSPS) is 8.89. The highest BCUT2D eigenvalue weighted by Gasteiger charge is 1.99. The van der Waals surface area contributed by atoms with Crippen molar-refractivity contribution in [1.29, 1.82) is 0 Å². The zero-order chi connectivity index (χ0) is 11.4. The maximum atomic E-state index is 9.58. The van der Waals surface area contributed by atoms with Crippen LogP contribution in [0.1, 0.15) is 5.56 Å². The van der Waals surface area contributed by atoms with Gasteiger partial charge in [0.05, 0.1) is 0 Å². The third-order valence-electron chi connectivity index (χ3n) is 2.36. The van der Waals surface area contributed by atoms with Gasteiger partial charge in [-0.3, -0.25) is 0 Å². The van der Waals surface area contributed by atoms with Gasteiger partial charge in [0.1, 0.15) is 5.75 Å². The molecule has 0 bridgehead atoms. The number of nitrogens with one attached hydrogen (secondary N) is 1. The van der Waals surface area contributed by atoms with E-state index in [1.165, 1.54) is 0 Å². The Morgan fingerprint density at radius 3 is 2.39 bits per heavy atom. The quantitative estimate of drug-likeness (QED) is 0.758. The fourth-order valence-corrected chi connectivity index (χ4v) is 1.51. The van der Waals surface area contributed by atoms with Gasteiger partial charge in [-0.05, 0) is 24.3 Å². The number of rotatable bonds is 3. The predicted molar refractivity (Wildman–Crippen MR) is 80.8 cm³/mol. The molecule has 0 fully saturated rings. The average Bonchev–Trinajstić information content (AvgIpc) is 2.28. The van der Waals surface area contributed by atoms with Crippen molar-refractivity contribution in [3.63, 3.8) is 0 Å². The van der Waals surface area contributed by atoms with E-state index >= 15 is 0 Å². The molecule has 0 amide bonds. The Bertz CT molecular complexity index is 492. The van der Waals surface area contributed by atoms with Gasteiger partial charge < -0.3 is 16.2 Å². The molecule has 0 aliphatic carbocycles. The van der Waals surface area contributed by atoms with E-state index in [1.54, 1.807) is 12.1 Å². The number of para-hydroxylation sites is 1. The third-order valence-corrected chi connectivity index (χ3v) is 2.36. The number of hydrogen-bond acceptors (Lipinski definition) is 3. The fourth-order valence-electron chi connectivity index (χ4n) is 1.51. The summed E-state index contributed by atoms with van der Waals surface area (Å²) in [5.41, 5.74) is 8.21. The van der Waals surface area contributed by atoms with Crippen LogP contribution in [0.15, 0.2) is 48.5 Å². The van der Waals surface area contributed by atoms with E-state index in [0.717, 1.165) is 16.9 Å². The first-order valence-electron chi connectivity index (χ1n) is 5.12. The summed E-state index contributed by atoms with van der Waals surface area (Å²) in [5, 5.41) is 12.8. The summed E-state index contributed by atoms with van der Waals surface area (Å²) in [6.45, 7) is 0.579. The zero-order valence-electron chi connectivity index (χ0n) is 9.67. The third kappa shape index (κ3) is 4.35. The minimum atomic E-state index is 0. The second-order valence-corrected chi connectivity index (χ2v) is 3.61. The van der Waals surface area contributed by atoms with Crippen LogP contribution in [0.2, 0.25) is 0 Å². The maximum Gasteiger partial charge on any atom is 0.120 e. The molecule has 0 atom stereocenters. The van der Waals surface area contributed by atoms with Crippen molar-refractivity contribution in [3.8, 4) is 5.75 Å². The fraction of sp³-hybridized carbons (Fsp3) is 0.0769. The van der Waals surface area contributed by atoms with Crippen molar-refractivity contribution < 1.29 is 5.11 Å². The lowest BCUT2D eigenvalue weighted by Crippen LogP contribution is -1.99. The summed E-state index contributed by atoms with van der Waals surface area (Å²) in [4.78, 5) is 0. The first-order valence-corrected chi connectivity index (χ1v) is 5.12. The van der Waals surface area contributed by atoms with E-state index in [4.69, 9.17) is 5.73 Å². The topological polar surface area (TPSA) is 58.3 Å². The number of phenols is 1. The van der Waals surface area contributed by atoms with Crippen LogP contribution in [0, 0.1) is 0 Å². The smallest absolute Gasteiger partial charge is 0.120 e. The van der Waals surface area contributed by atoms with Gasteiger partial charge in [0.2, 0.25) is 0 Å². The van der Waals surface area contributed by atoms with Crippen LogP contribution in [0.3, 0.4) is 0 Å². The Morgan fingerprint density at radius 1 is 1.00 bits per heavy atom. The van der Waals surface area contributed by atoms with E-state index in [1.807, 2.05) is 36.4 Å². The standard InChI is InChI=1S/C13H14N2O.2ClH/c14-11-5-3-6-12(8-11)15-9-10-4-1-2-7-13(10)16;;/h1-8,15-16H,9,14H2;2*1H. The summed E-state index contributed by atoms with van der Waals surface area (Å²) >= 11 is 0.